The summed E-state index contributed by atoms with van der Waals surface area (Å²) >= 11 is 0. The first-order valence-electron chi connectivity index (χ1n) is 11.3. The van der Waals surface area contributed by atoms with E-state index < -0.39 is 33.1 Å². The second-order valence-electron chi connectivity index (χ2n) is 8.32. The Morgan fingerprint density at radius 3 is 2.23 bits per heavy atom. The van der Waals surface area contributed by atoms with Gasteiger partial charge in [-0.2, -0.15) is 18.3 Å². The first-order chi connectivity index (χ1) is 18.8. The van der Waals surface area contributed by atoms with Crippen LogP contribution in [0.5, 0.6) is 5.75 Å². The lowest BCUT2D eigenvalue weighted by Crippen LogP contribution is -2.33. The maximum Gasteiger partial charge on any atom is 0.435 e. The first-order valence-corrected chi connectivity index (χ1v) is 12.8. The Bertz CT molecular complexity index is 1640. The molecule has 4 rings (SSSR count). The molecule has 0 aliphatic heterocycles. The van der Waals surface area contributed by atoms with Crippen LogP contribution in [-0.4, -0.2) is 29.4 Å². The second-order valence-corrected chi connectivity index (χ2v) is 10.0. The van der Waals surface area contributed by atoms with E-state index in [0.717, 1.165) is 28.4 Å². The molecular weight excluding hydrogens is 557 g/mol. The maximum atomic E-state index is 13.4. The zero-order valence-corrected chi connectivity index (χ0v) is 21.3. The monoisotopic (exact) mass is 576 g/mol. The number of hydrogen-bond acceptors (Lipinski definition) is 8. The van der Waals surface area contributed by atoms with Crippen LogP contribution in [0, 0.1) is 17.0 Å². The molecule has 0 aliphatic rings. The van der Waals surface area contributed by atoms with E-state index in [1.165, 1.54) is 36.4 Å². The molecule has 1 amide bonds. The van der Waals surface area contributed by atoms with Crippen LogP contribution in [0.2, 0.25) is 0 Å². The van der Waals surface area contributed by atoms with Crippen molar-refractivity contribution in [3.05, 3.63) is 106 Å². The number of ether oxygens (including phenoxy) is 1. The van der Waals surface area contributed by atoms with E-state index in [0.29, 0.717) is 11.1 Å². The summed E-state index contributed by atoms with van der Waals surface area (Å²) in [5.41, 5.74) is 0.943. The van der Waals surface area contributed by atoms with Crippen molar-refractivity contribution in [1.29, 1.82) is 0 Å². The number of carbonyl (C=O) groups excluding carboxylic acids is 1. The van der Waals surface area contributed by atoms with Crippen molar-refractivity contribution in [3.63, 3.8) is 0 Å². The van der Waals surface area contributed by atoms with E-state index in [-0.39, 0.29) is 28.6 Å². The number of aryl methyl sites for hydroxylation is 1. The van der Waals surface area contributed by atoms with E-state index in [9.17, 15) is 36.5 Å². The number of halogens is 3. The standard InChI is InChI=1S/C25H19F3N4O7S/c1-16-2-6-18(7-3-16)22-14-23(25(26,27)28)29-31(22)19-8-12-21(13-9-19)40(36,37)30-24(33)39-20-10-4-17(5-11-20)15-38-32(34)35/h2-14H,15H2,1H3,(H,30,33). The maximum absolute atomic E-state index is 13.4. The van der Waals surface area contributed by atoms with Gasteiger partial charge in [-0.3, -0.25) is 0 Å². The van der Waals surface area contributed by atoms with Gasteiger partial charge in [0.1, 0.15) is 12.4 Å². The third-order valence-corrected chi connectivity index (χ3v) is 6.76. The largest absolute Gasteiger partial charge is 0.435 e. The summed E-state index contributed by atoms with van der Waals surface area (Å²) in [5, 5.41) is 13.0. The molecule has 0 aliphatic carbocycles. The molecule has 0 fully saturated rings. The highest BCUT2D eigenvalue weighted by molar-refractivity contribution is 7.90. The minimum Gasteiger partial charge on any atom is -0.410 e. The molecule has 11 nitrogen and oxygen atoms in total. The molecule has 0 spiro atoms. The lowest BCUT2D eigenvalue weighted by molar-refractivity contribution is -0.763. The lowest BCUT2D eigenvalue weighted by Gasteiger charge is -2.11. The van der Waals surface area contributed by atoms with E-state index >= 15 is 0 Å². The number of hydrogen-bond donors (Lipinski definition) is 1. The number of nitrogens with zero attached hydrogens (tertiary/aromatic N) is 3. The van der Waals surface area contributed by atoms with Crippen LogP contribution < -0.4 is 9.46 Å². The third-order valence-electron chi connectivity index (χ3n) is 5.43. The third kappa shape index (κ3) is 6.74. The number of aromatic nitrogens is 2. The Hall–Kier alpha value is -4.92. The van der Waals surface area contributed by atoms with Crippen molar-refractivity contribution in [2.45, 2.75) is 24.6 Å². The van der Waals surface area contributed by atoms with Crippen LogP contribution in [0.4, 0.5) is 18.0 Å². The molecule has 0 saturated heterocycles. The quantitative estimate of drug-likeness (QED) is 0.227. The van der Waals surface area contributed by atoms with Gasteiger partial charge in [-0.05, 0) is 55.0 Å². The van der Waals surface area contributed by atoms with Gasteiger partial charge in [0.15, 0.2) is 5.69 Å². The molecule has 0 unspecified atom stereocenters. The number of nitrogens with one attached hydrogen (secondary N) is 1. The molecule has 0 saturated carbocycles. The normalized spacial score (nSPS) is 11.6. The predicted octanol–water partition coefficient (Wildman–Crippen LogP) is 5.05. The van der Waals surface area contributed by atoms with Crippen LogP contribution in [0.25, 0.3) is 16.9 Å². The minimum atomic E-state index is -4.71. The summed E-state index contributed by atoms with van der Waals surface area (Å²) in [4.78, 5) is 26.3. The zero-order valence-electron chi connectivity index (χ0n) is 20.5. The average Bonchev–Trinajstić information content (AvgIpc) is 3.35. The smallest absolute Gasteiger partial charge is 0.410 e. The molecule has 3 aromatic carbocycles. The molecule has 1 aromatic heterocycles. The van der Waals surface area contributed by atoms with Crippen molar-refractivity contribution in [3.8, 4) is 22.7 Å². The van der Waals surface area contributed by atoms with Gasteiger partial charge >= 0.3 is 12.3 Å². The summed E-state index contributed by atoms with van der Waals surface area (Å²) in [6.07, 6.45) is -6.04. The van der Waals surface area contributed by atoms with Crippen LogP contribution in [0.3, 0.4) is 0 Å². The Morgan fingerprint density at radius 2 is 1.65 bits per heavy atom. The summed E-state index contributed by atoms with van der Waals surface area (Å²) < 4.78 is 73.3. The van der Waals surface area contributed by atoms with Crippen LogP contribution in [-0.2, 0) is 27.6 Å². The van der Waals surface area contributed by atoms with Crippen molar-refractivity contribution in [1.82, 2.24) is 14.5 Å². The number of sulfonamides is 1. The molecule has 0 radical (unpaired) electrons. The summed E-state index contributed by atoms with van der Waals surface area (Å²) in [5.74, 6) is -0.0457. The topological polar surface area (TPSA) is 143 Å². The van der Waals surface area contributed by atoms with Crippen molar-refractivity contribution >= 4 is 16.1 Å². The minimum absolute atomic E-state index is 0.0457. The van der Waals surface area contributed by atoms with E-state index in [1.54, 1.807) is 29.0 Å². The fraction of sp³-hybridized carbons (Fsp3) is 0.120. The van der Waals surface area contributed by atoms with Gasteiger partial charge in [-0.25, -0.2) is 22.6 Å². The van der Waals surface area contributed by atoms with Crippen LogP contribution in [0.15, 0.2) is 83.8 Å². The summed E-state index contributed by atoms with van der Waals surface area (Å²) in [6, 6.07) is 17.7. The van der Waals surface area contributed by atoms with E-state index in [2.05, 4.69) is 9.94 Å². The molecule has 0 bridgehead atoms. The van der Waals surface area contributed by atoms with Crippen molar-refractivity contribution in [2.24, 2.45) is 0 Å². The number of benzene rings is 3. The fourth-order valence-corrected chi connectivity index (χ4v) is 4.36. The molecule has 1 N–H and O–H groups in total. The second kappa shape index (κ2) is 11.1. The Morgan fingerprint density at radius 1 is 1.02 bits per heavy atom. The van der Waals surface area contributed by atoms with Gasteiger partial charge < -0.3 is 9.57 Å². The fourth-order valence-electron chi connectivity index (χ4n) is 3.49. The highest BCUT2D eigenvalue weighted by Crippen LogP contribution is 2.33. The van der Waals surface area contributed by atoms with E-state index in [4.69, 9.17) is 4.74 Å². The highest BCUT2D eigenvalue weighted by Gasteiger charge is 2.35. The number of amides is 1. The Balaban J connectivity index is 1.51. The Kier molecular flexibility index (Phi) is 7.77. The first kappa shape index (κ1) is 28.1. The van der Waals surface area contributed by atoms with Gasteiger partial charge in [0.05, 0.1) is 16.3 Å². The highest BCUT2D eigenvalue weighted by atomic mass is 32.2. The predicted molar refractivity (Wildman–Crippen MR) is 133 cm³/mol. The number of alkyl halides is 3. The summed E-state index contributed by atoms with van der Waals surface area (Å²) in [6.45, 7) is 1.51. The summed E-state index contributed by atoms with van der Waals surface area (Å²) in [7, 11) is -4.42. The number of carbonyl (C=O) groups is 1. The molecule has 4 aromatic rings. The molecule has 15 heteroatoms. The van der Waals surface area contributed by atoms with Crippen molar-refractivity contribution in [2.75, 3.05) is 0 Å². The van der Waals surface area contributed by atoms with Gasteiger partial charge in [0.25, 0.3) is 15.1 Å². The van der Waals surface area contributed by atoms with Crippen LogP contribution >= 0.6 is 0 Å². The SMILES string of the molecule is Cc1ccc(-c2cc(C(F)(F)F)nn2-c2ccc(S(=O)(=O)NC(=O)Oc3ccc(CO[N+](=O)[O-])cc3)cc2)cc1. The average molecular weight is 577 g/mol. The van der Waals surface area contributed by atoms with Gasteiger partial charge in [0.2, 0.25) is 0 Å². The molecule has 0 atom stereocenters. The van der Waals surface area contributed by atoms with Crippen LogP contribution in [0.1, 0.15) is 16.8 Å². The van der Waals surface area contributed by atoms with Crippen molar-refractivity contribution < 1.29 is 41.0 Å². The van der Waals surface area contributed by atoms with E-state index in [1.807, 2.05) is 6.92 Å². The van der Waals surface area contributed by atoms with Gasteiger partial charge in [-0.1, -0.05) is 42.0 Å². The molecule has 1 heterocycles. The van der Waals surface area contributed by atoms with Gasteiger partial charge in [0, 0.05) is 5.56 Å². The lowest BCUT2D eigenvalue weighted by atomic mass is 10.1. The number of rotatable bonds is 8. The zero-order chi connectivity index (χ0) is 29.1. The molecule has 40 heavy (non-hydrogen) atoms. The molecular formula is C25H19F3N4O7S. The van der Waals surface area contributed by atoms with Gasteiger partial charge in [-0.15, -0.1) is 10.1 Å². The molecule has 208 valence electrons. The Labute approximate surface area is 224 Å².